The van der Waals surface area contributed by atoms with Crippen molar-refractivity contribution in [1.29, 1.82) is 0 Å². The summed E-state index contributed by atoms with van der Waals surface area (Å²) in [7, 11) is 0. The van der Waals surface area contributed by atoms with Crippen molar-refractivity contribution in [2.24, 2.45) is 11.7 Å². The number of unbranched alkanes of at least 4 members (excludes halogenated alkanes) is 6. The van der Waals surface area contributed by atoms with Crippen molar-refractivity contribution < 1.29 is 218 Å². The number of carbonyl (C=O) groups is 6. The van der Waals surface area contributed by atoms with E-state index in [2.05, 4.69) is 20.3 Å². The highest BCUT2D eigenvalue weighted by molar-refractivity contribution is 5.94. The zero-order chi connectivity index (χ0) is 101. The van der Waals surface area contributed by atoms with Gasteiger partial charge in [0.1, 0.15) is 170 Å². The summed E-state index contributed by atoms with van der Waals surface area (Å²) in [6.45, 7) is 4.26. The van der Waals surface area contributed by atoms with Gasteiger partial charge >= 0.3 is 0 Å². The lowest BCUT2D eigenvalue weighted by Gasteiger charge is -2.39. The van der Waals surface area contributed by atoms with Crippen molar-refractivity contribution in [1.82, 2.24) is 20.3 Å². The van der Waals surface area contributed by atoms with E-state index >= 15 is 0 Å². The number of aromatic amines is 2. The number of nitrogens with two attached hydrogens (primary N) is 1. The minimum atomic E-state index is -1.47. The lowest BCUT2D eigenvalue weighted by molar-refractivity contribution is -0.301. The van der Waals surface area contributed by atoms with Gasteiger partial charge in [-0.15, -0.1) is 0 Å². The molecular weight excluding hydrogens is 1810 g/mol. The fourth-order valence-corrected chi connectivity index (χ4v) is 14.4. The Balaban J connectivity index is 0.000000339. The third-order valence-corrected chi connectivity index (χ3v) is 22.7. The molecule has 784 valence electrons. The van der Waals surface area contributed by atoms with Crippen molar-refractivity contribution >= 4 is 34.7 Å². The van der Waals surface area contributed by atoms with Gasteiger partial charge in [0.25, 0.3) is 0 Å². The summed E-state index contributed by atoms with van der Waals surface area (Å²) in [5.41, 5.74) is 6.71. The Kier molecular flexibility index (Phi) is 60.3. The first-order valence-corrected chi connectivity index (χ1v) is 45.8. The van der Waals surface area contributed by atoms with Crippen LogP contribution in [0.1, 0.15) is 172 Å². The molecule has 0 radical (unpaired) electrons. The van der Waals surface area contributed by atoms with Crippen LogP contribution in [-0.4, -0.2) is 477 Å². The van der Waals surface area contributed by atoms with Crippen molar-refractivity contribution in [2.75, 3.05) is 92.4 Å². The molecule has 0 bridgehead atoms. The molecule has 0 aliphatic carbocycles. The summed E-state index contributed by atoms with van der Waals surface area (Å²) >= 11 is 0. The molecule has 0 aromatic carbocycles. The van der Waals surface area contributed by atoms with Gasteiger partial charge in [0.05, 0.1) is 70.4 Å². The standard InChI is InChI=1S/C15H24N2O7.C15H27NO7.C15H23NO7.C15H28O7.C13H25NO8.C13H24O8/c18-7-11-12(20)13(21)14(22)15(24-11)23-4-2-1-3-10(19)5-9-6-16-8-17-9;2*17-8-11-12(19)13(20)14(21)15(23-11)22-7-2-1-5-10(18)9-4-3-6-16-9;1-9(2)7-10(17)5-3-4-6-21-15-14(20)13(19)12(18)11(8-16)22-15;14-7(5-15)8(17)3-1-2-4-21-13-12(20)11(19)10(18)9(6-16)22-13;1-7(15)8(16)4-2-3-5-20-13-12(19)11(18)10(17)9(6-14)21-13/h6,8,11-15,18,20-22H,1-5,7H2,(H,16,17);9,11-17,19-21H,1-8H2;3-4,6,11-17,19-21H,1-2,5,7-8H2;9,11-16,18-20H,3-8H2,1-2H3;7,9-13,15-16,18-20H,1-6,14H2;7,9-15,17-19H,2-6H2,1H3/t;;;;2*7-,9?,10?,11?,12?,13?/m....00/s1. The summed E-state index contributed by atoms with van der Waals surface area (Å²) in [6.07, 6.45) is -22.3. The van der Waals surface area contributed by atoms with Crippen molar-refractivity contribution in [3.8, 4) is 0 Å². The van der Waals surface area contributed by atoms with E-state index in [-0.39, 0.29) is 99.8 Å². The lowest BCUT2D eigenvalue weighted by atomic mass is 9.99. The maximum absolute atomic E-state index is 11.9. The average Bonchev–Trinajstić information content (AvgIpc) is 1.79. The number of aromatic nitrogens is 3. The summed E-state index contributed by atoms with van der Waals surface area (Å²) in [5.74, 6) is 0.421. The van der Waals surface area contributed by atoms with Crippen LogP contribution in [0.15, 0.2) is 30.9 Å². The third-order valence-electron chi connectivity index (χ3n) is 22.7. The Morgan fingerprint density at radius 2 is 0.711 bits per heavy atom. The van der Waals surface area contributed by atoms with Crippen LogP contribution in [0.4, 0.5) is 0 Å². The quantitative estimate of drug-likeness (QED) is 0.0216. The Morgan fingerprint density at radius 1 is 0.400 bits per heavy atom. The minimum absolute atomic E-state index is 0.0126. The van der Waals surface area contributed by atoms with Gasteiger partial charge in [-0.1, -0.05) is 13.8 Å². The summed E-state index contributed by atoms with van der Waals surface area (Å²) < 4.78 is 63.1. The smallest absolute Gasteiger partial charge is 0.186 e. The van der Waals surface area contributed by atoms with Crippen LogP contribution in [-0.2, 0) is 87.2 Å². The van der Waals surface area contributed by atoms with Gasteiger partial charge in [-0.25, -0.2) is 4.98 Å². The van der Waals surface area contributed by atoms with E-state index in [0.717, 1.165) is 25.1 Å². The molecule has 49 nitrogen and oxygen atoms in total. The van der Waals surface area contributed by atoms with E-state index in [1.165, 1.54) is 13.3 Å². The largest absolute Gasteiger partial charge is 0.394 e. The van der Waals surface area contributed by atoms with Crippen molar-refractivity contribution in [3.63, 3.8) is 0 Å². The predicted octanol–water partition coefficient (Wildman–Crippen LogP) is -9.64. The van der Waals surface area contributed by atoms with Crippen LogP contribution < -0.4 is 11.1 Å². The molecule has 2 aromatic heterocycles. The molecular formula is C86H151N5O44. The number of ether oxygens (including phenoxy) is 12. The molecule has 33 atom stereocenters. The van der Waals surface area contributed by atoms with Gasteiger partial charge in [0, 0.05) is 109 Å². The maximum Gasteiger partial charge on any atom is 0.186 e. The van der Waals surface area contributed by atoms with Gasteiger partial charge in [0.15, 0.2) is 55.1 Å². The summed E-state index contributed by atoms with van der Waals surface area (Å²) in [4.78, 5) is 79.0. The molecule has 135 heavy (non-hydrogen) atoms. The molecule has 0 amide bonds. The van der Waals surface area contributed by atoms with Crippen molar-refractivity contribution in [2.45, 2.75) is 364 Å². The lowest BCUT2D eigenvalue weighted by Crippen LogP contribution is -2.59. The van der Waals surface area contributed by atoms with E-state index in [9.17, 15) is 121 Å². The molecule has 9 rings (SSSR count). The second-order valence-electron chi connectivity index (χ2n) is 34.1. The highest BCUT2D eigenvalue weighted by atomic mass is 16.7. The van der Waals surface area contributed by atoms with Gasteiger partial charge in [-0.05, 0) is 121 Å². The Labute approximate surface area is 781 Å². The van der Waals surface area contributed by atoms with Crippen LogP contribution in [0.25, 0.3) is 0 Å². The number of imidazole rings is 1. The van der Waals surface area contributed by atoms with E-state index < -0.39 is 236 Å². The van der Waals surface area contributed by atoms with Crippen LogP contribution >= 0.6 is 0 Å². The molecule has 7 aliphatic rings. The normalized spacial score (nSPS) is 33.3. The predicted molar refractivity (Wildman–Crippen MR) is 461 cm³/mol. The van der Waals surface area contributed by atoms with Crippen LogP contribution in [0.5, 0.6) is 0 Å². The second kappa shape index (κ2) is 66.6. The highest BCUT2D eigenvalue weighted by Gasteiger charge is 2.50. The maximum atomic E-state index is 11.9. The van der Waals surface area contributed by atoms with Gasteiger partial charge in [-0.2, -0.15) is 0 Å². The fraction of sp³-hybridized carbons (Fsp3) is 0.849. The van der Waals surface area contributed by atoms with E-state index in [1.807, 2.05) is 13.8 Å². The zero-order valence-corrected chi connectivity index (χ0v) is 76.5. The molecule has 0 spiro atoms. The molecule has 7 saturated heterocycles. The Hall–Kier alpha value is -5.09. The first kappa shape index (κ1) is 122. The monoisotopic (exact) mass is 1960 g/mol. The molecule has 7 fully saturated rings. The Morgan fingerprint density at radius 3 is 0.985 bits per heavy atom. The first-order chi connectivity index (χ1) is 64.3. The molecule has 2 aromatic rings. The number of carbonyl (C=O) groups excluding carboxylic acids is 6. The van der Waals surface area contributed by atoms with Crippen molar-refractivity contribution in [3.05, 3.63) is 42.2 Å². The molecule has 49 heteroatoms. The third kappa shape index (κ3) is 42.2. The number of H-pyrrole nitrogens is 2. The van der Waals surface area contributed by atoms with Crippen LogP contribution in [0, 0.1) is 5.92 Å². The molecule has 9 heterocycles. The van der Waals surface area contributed by atoms with Crippen LogP contribution in [0.2, 0.25) is 0 Å². The van der Waals surface area contributed by atoms with Gasteiger partial charge in [0.2, 0.25) is 0 Å². The SMILES string of the molecule is CC(C)CC(=O)CCCCOC1OC(CO)C(O)C(O)C1O.C[C@H](O)C(=O)CCCCOC1OC(CO)C(O)C(O)C1O.N[C@@H](CO)C(=O)CCCCOC1OC(CO)C(O)C(O)C1O.O=C(CCCCOC1OC(CO)C(O)C(O)C1O)C1CCCN1.O=C(CCCCOC1OC(CO)C(O)C(O)C1O)Cc1cnc[nH]1.O=C(CCCCOC1OC(CO)C(O)C(O)C1O)c1ccc[nH]1. The number of ketones is 6. The zero-order valence-electron chi connectivity index (χ0n) is 76.5. The molecule has 0 saturated carbocycles. The number of aliphatic hydroxyl groups excluding tert-OH is 26. The van der Waals surface area contributed by atoms with Gasteiger partial charge < -0.3 is 211 Å². The number of rotatable bonds is 51. The topological polar surface area (TPSA) is 822 Å². The molecule has 31 unspecified atom stereocenters. The number of aliphatic hydroxyl groups is 26. The summed E-state index contributed by atoms with van der Waals surface area (Å²) in [5, 5.41) is 249. The van der Waals surface area contributed by atoms with Crippen LogP contribution in [0.3, 0.4) is 0 Å². The van der Waals surface area contributed by atoms with E-state index in [0.29, 0.717) is 127 Å². The molecule has 7 aliphatic heterocycles. The highest BCUT2D eigenvalue weighted by Crippen LogP contribution is 2.30. The average molecular weight is 1960 g/mol. The number of Topliss-reactive ketones (excluding diaryl/α,β-unsaturated/α-hetero) is 6. The number of nitrogens with zero attached hydrogens (tertiary/aromatic N) is 1. The van der Waals surface area contributed by atoms with E-state index in [1.54, 1.807) is 24.5 Å². The van der Waals surface area contributed by atoms with Gasteiger partial charge in [-0.3, -0.25) is 28.8 Å². The number of hydrogen-bond donors (Lipinski definition) is 30. The summed E-state index contributed by atoms with van der Waals surface area (Å²) in [6, 6.07) is 2.59. The van der Waals surface area contributed by atoms with E-state index in [4.69, 9.17) is 103 Å². The first-order valence-electron chi connectivity index (χ1n) is 45.8. The Bertz CT molecular complexity index is 3460. The number of hydrogen-bond acceptors (Lipinski definition) is 47. The minimum Gasteiger partial charge on any atom is -0.394 e. The second-order valence-corrected chi connectivity index (χ2v) is 34.1. The molecule has 31 N–H and O–H groups in total. The number of nitrogens with one attached hydrogen (secondary N) is 3. The fourth-order valence-electron chi connectivity index (χ4n) is 14.4.